The second-order valence-corrected chi connectivity index (χ2v) is 5.16. The Kier molecular flexibility index (Phi) is 4.29. The molecule has 0 radical (unpaired) electrons. The number of nitrogens with two attached hydrogens (primary N) is 1. The van der Waals surface area contributed by atoms with Gasteiger partial charge in [-0.05, 0) is 49.4 Å². The molecule has 1 unspecified atom stereocenters. The number of nitrogen functional groups attached to an aromatic ring is 1. The number of benzene rings is 1. The highest BCUT2D eigenvalue weighted by molar-refractivity contribution is 5.53. The fourth-order valence-electron chi connectivity index (χ4n) is 2.81. The van der Waals surface area contributed by atoms with Crippen molar-refractivity contribution >= 4 is 11.4 Å². The summed E-state index contributed by atoms with van der Waals surface area (Å²) in [7, 11) is 0. The second kappa shape index (κ2) is 5.95. The first-order valence-corrected chi connectivity index (χ1v) is 6.90. The van der Waals surface area contributed by atoms with Crippen molar-refractivity contribution in [1.29, 1.82) is 0 Å². The number of rotatable bonds is 3. The fraction of sp³-hybridized carbons (Fsp3) is 0.600. The summed E-state index contributed by atoms with van der Waals surface area (Å²) in [6, 6.07) is 8.30. The quantitative estimate of drug-likeness (QED) is 0.806. The molecule has 1 aliphatic heterocycles. The molecule has 1 saturated heterocycles. The van der Waals surface area contributed by atoms with Gasteiger partial charge in [-0.15, -0.1) is 0 Å². The van der Waals surface area contributed by atoms with Crippen LogP contribution >= 0.6 is 0 Å². The lowest BCUT2D eigenvalue weighted by molar-refractivity contribution is 0.435. The van der Waals surface area contributed by atoms with Crippen LogP contribution in [0, 0.1) is 5.92 Å². The third kappa shape index (κ3) is 3.39. The van der Waals surface area contributed by atoms with E-state index in [1.54, 1.807) is 0 Å². The first-order valence-electron chi connectivity index (χ1n) is 6.90. The molecule has 0 spiro atoms. The van der Waals surface area contributed by atoms with Gasteiger partial charge in [0.2, 0.25) is 0 Å². The molecular weight excluding hydrogens is 208 g/mol. The van der Waals surface area contributed by atoms with Crippen molar-refractivity contribution in [1.82, 2.24) is 0 Å². The normalized spacial score (nSPS) is 21.2. The van der Waals surface area contributed by atoms with Gasteiger partial charge in [-0.25, -0.2) is 0 Å². The molecule has 0 bridgehead atoms. The molecule has 94 valence electrons. The van der Waals surface area contributed by atoms with Gasteiger partial charge in [-0.1, -0.05) is 19.8 Å². The van der Waals surface area contributed by atoms with E-state index >= 15 is 0 Å². The van der Waals surface area contributed by atoms with Gasteiger partial charge >= 0.3 is 0 Å². The van der Waals surface area contributed by atoms with Gasteiger partial charge in [0.1, 0.15) is 0 Å². The van der Waals surface area contributed by atoms with E-state index in [0.717, 1.165) is 11.6 Å². The molecule has 1 atom stereocenters. The number of nitrogens with zero attached hydrogens (tertiary/aromatic N) is 1. The minimum absolute atomic E-state index is 0.854. The SMILES string of the molecule is CCCC1CCCN(c2ccc(N)cc2)CC1. The minimum Gasteiger partial charge on any atom is -0.399 e. The highest BCUT2D eigenvalue weighted by atomic mass is 15.1. The maximum absolute atomic E-state index is 5.73. The Morgan fingerprint density at radius 1 is 1.18 bits per heavy atom. The maximum atomic E-state index is 5.73. The van der Waals surface area contributed by atoms with Gasteiger partial charge in [0.15, 0.2) is 0 Å². The Bertz CT molecular complexity index is 331. The lowest BCUT2D eigenvalue weighted by Gasteiger charge is -2.23. The van der Waals surface area contributed by atoms with E-state index in [9.17, 15) is 0 Å². The number of hydrogen-bond acceptors (Lipinski definition) is 2. The highest BCUT2D eigenvalue weighted by Crippen LogP contribution is 2.25. The third-order valence-corrected chi connectivity index (χ3v) is 3.80. The Hall–Kier alpha value is -1.18. The smallest absolute Gasteiger partial charge is 0.0367 e. The van der Waals surface area contributed by atoms with Crippen LogP contribution in [0.5, 0.6) is 0 Å². The third-order valence-electron chi connectivity index (χ3n) is 3.80. The van der Waals surface area contributed by atoms with Crippen LogP contribution in [0.4, 0.5) is 11.4 Å². The summed E-state index contributed by atoms with van der Waals surface area (Å²) in [5.74, 6) is 0.943. The van der Waals surface area contributed by atoms with Crippen LogP contribution in [0.15, 0.2) is 24.3 Å². The summed E-state index contributed by atoms with van der Waals surface area (Å²) in [5, 5.41) is 0. The average Bonchev–Trinajstić information content (AvgIpc) is 2.56. The number of hydrogen-bond donors (Lipinski definition) is 1. The molecular formula is C15H24N2. The van der Waals surface area contributed by atoms with Gasteiger partial charge in [-0.3, -0.25) is 0 Å². The first-order chi connectivity index (χ1) is 8.29. The maximum Gasteiger partial charge on any atom is 0.0367 e. The van der Waals surface area contributed by atoms with Crippen molar-refractivity contribution in [3.05, 3.63) is 24.3 Å². The van der Waals surface area contributed by atoms with Crippen LogP contribution in [0.1, 0.15) is 39.0 Å². The largest absolute Gasteiger partial charge is 0.399 e. The Morgan fingerprint density at radius 2 is 1.94 bits per heavy atom. The zero-order valence-electron chi connectivity index (χ0n) is 10.9. The highest BCUT2D eigenvalue weighted by Gasteiger charge is 2.16. The molecule has 2 heteroatoms. The van der Waals surface area contributed by atoms with Gasteiger partial charge in [0.25, 0.3) is 0 Å². The summed E-state index contributed by atoms with van der Waals surface area (Å²) >= 11 is 0. The summed E-state index contributed by atoms with van der Waals surface area (Å²) in [6.45, 7) is 4.70. The van der Waals surface area contributed by atoms with Crippen LogP contribution in [0.2, 0.25) is 0 Å². The van der Waals surface area contributed by atoms with E-state index in [4.69, 9.17) is 5.73 Å². The Balaban J connectivity index is 1.96. The van der Waals surface area contributed by atoms with Crippen molar-refractivity contribution in [2.24, 2.45) is 5.92 Å². The standard InChI is InChI=1S/C15H24N2/c1-2-4-13-5-3-11-17(12-10-13)15-8-6-14(16)7-9-15/h6-9,13H,2-5,10-12,16H2,1H3. The molecule has 1 aromatic rings. The topological polar surface area (TPSA) is 29.3 Å². The number of anilines is 2. The second-order valence-electron chi connectivity index (χ2n) is 5.16. The molecule has 2 N–H and O–H groups in total. The van der Waals surface area contributed by atoms with Crippen LogP contribution in [-0.4, -0.2) is 13.1 Å². The van der Waals surface area contributed by atoms with Crippen molar-refractivity contribution in [2.45, 2.75) is 39.0 Å². The van der Waals surface area contributed by atoms with E-state index in [2.05, 4.69) is 24.0 Å². The zero-order valence-corrected chi connectivity index (χ0v) is 10.9. The molecule has 0 aliphatic carbocycles. The Labute approximate surface area is 105 Å². The summed E-state index contributed by atoms with van der Waals surface area (Å²) in [4.78, 5) is 2.51. The van der Waals surface area contributed by atoms with Gasteiger partial charge in [-0.2, -0.15) is 0 Å². The van der Waals surface area contributed by atoms with Gasteiger partial charge < -0.3 is 10.6 Å². The van der Waals surface area contributed by atoms with Crippen LogP contribution in [0.3, 0.4) is 0 Å². The molecule has 2 nitrogen and oxygen atoms in total. The fourth-order valence-corrected chi connectivity index (χ4v) is 2.81. The first kappa shape index (κ1) is 12.3. The molecule has 1 aliphatic rings. The van der Waals surface area contributed by atoms with Crippen molar-refractivity contribution in [3.8, 4) is 0 Å². The molecule has 17 heavy (non-hydrogen) atoms. The Morgan fingerprint density at radius 3 is 2.65 bits per heavy atom. The van der Waals surface area contributed by atoms with Gasteiger partial charge in [0.05, 0.1) is 0 Å². The van der Waals surface area contributed by atoms with Crippen molar-refractivity contribution < 1.29 is 0 Å². The minimum atomic E-state index is 0.854. The van der Waals surface area contributed by atoms with Crippen LogP contribution in [0.25, 0.3) is 0 Å². The predicted octanol–water partition coefficient (Wildman–Crippen LogP) is 3.68. The van der Waals surface area contributed by atoms with Crippen molar-refractivity contribution in [2.75, 3.05) is 23.7 Å². The van der Waals surface area contributed by atoms with E-state index in [0.29, 0.717) is 0 Å². The van der Waals surface area contributed by atoms with Crippen LogP contribution in [-0.2, 0) is 0 Å². The zero-order chi connectivity index (χ0) is 12.1. The van der Waals surface area contributed by atoms with E-state index in [1.807, 2.05) is 12.1 Å². The average molecular weight is 232 g/mol. The van der Waals surface area contributed by atoms with Crippen LogP contribution < -0.4 is 10.6 Å². The van der Waals surface area contributed by atoms with E-state index in [-0.39, 0.29) is 0 Å². The lowest BCUT2D eigenvalue weighted by atomic mass is 9.96. The predicted molar refractivity (Wildman–Crippen MR) is 75.3 cm³/mol. The molecule has 2 rings (SSSR count). The van der Waals surface area contributed by atoms with E-state index < -0.39 is 0 Å². The van der Waals surface area contributed by atoms with E-state index in [1.165, 1.54) is 50.9 Å². The lowest BCUT2D eigenvalue weighted by Crippen LogP contribution is -2.24. The summed E-state index contributed by atoms with van der Waals surface area (Å²) in [5.41, 5.74) is 7.91. The molecule has 1 aromatic carbocycles. The van der Waals surface area contributed by atoms with Gasteiger partial charge in [0, 0.05) is 24.5 Å². The summed E-state index contributed by atoms with van der Waals surface area (Å²) in [6.07, 6.45) is 6.80. The molecule has 1 heterocycles. The molecule has 0 amide bonds. The molecule has 1 fully saturated rings. The van der Waals surface area contributed by atoms with Crippen molar-refractivity contribution in [3.63, 3.8) is 0 Å². The monoisotopic (exact) mass is 232 g/mol. The molecule has 0 aromatic heterocycles. The molecule has 0 saturated carbocycles. The summed E-state index contributed by atoms with van der Waals surface area (Å²) < 4.78 is 0.